The summed E-state index contributed by atoms with van der Waals surface area (Å²) < 4.78 is 23.5. The van der Waals surface area contributed by atoms with E-state index in [1.165, 1.54) is 19.2 Å². The number of methoxy groups -OCH3 is 1. The van der Waals surface area contributed by atoms with E-state index >= 15 is 0 Å². The highest BCUT2D eigenvalue weighted by molar-refractivity contribution is 5.57. The number of ether oxygens (including phenoxy) is 1. The van der Waals surface area contributed by atoms with Gasteiger partial charge in [0.25, 0.3) is 0 Å². The molecule has 0 unspecified atom stereocenters. The van der Waals surface area contributed by atoms with Gasteiger partial charge in [0, 0.05) is 5.56 Å². The Balaban J connectivity index is 2.38. The number of nitrogens with zero attached hydrogens (tertiary/aromatic N) is 2. The number of rotatable bonds is 4. The molecule has 102 valence electrons. The Bertz CT molecular complexity index is 581. The lowest BCUT2D eigenvalue weighted by Gasteiger charge is -2.17. The zero-order valence-corrected chi connectivity index (χ0v) is 11.3. The SMILES string of the molecule is CNC(C)(C)c1nc(-c2ccc(F)c(OC)c2)no1. The van der Waals surface area contributed by atoms with Crippen LogP contribution in [-0.4, -0.2) is 24.3 Å². The van der Waals surface area contributed by atoms with Gasteiger partial charge < -0.3 is 14.6 Å². The van der Waals surface area contributed by atoms with Crippen LogP contribution < -0.4 is 10.1 Å². The molecule has 6 heteroatoms. The minimum atomic E-state index is -0.425. The Hall–Kier alpha value is -1.95. The molecule has 1 aromatic carbocycles. The van der Waals surface area contributed by atoms with Crippen LogP contribution in [0.4, 0.5) is 4.39 Å². The average molecular weight is 265 g/mol. The Morgan fingerprint density at radius 3 is 2.74 bits per heavy atom. The molecular formula is C13H16FN3O2. The van der Waals surface area contributed by atoms with Crippen molar-refractivity contribution in [1.29, 1.82) is 0 Å². The molecule has 0 saturated heterocycles. The van der Waals surface area contributed by atoms with Crippen molar-refractivity contribution in [3.8, 4) is 17.1 Å². The van der Waals surface area contributed by atoms with Gasteiger partial charge in [0.15, 0.2) is 11.6 Å². The first-order chi connectivity index (χ1) is 8.97. The lowest BCUT2D eigenvalue weighted by molar-refractivity contribution is 0.281. The van der Waals surface area contributed by atoms with Crippen molar-refractivity contribution in [3.05, 3.63) is 29.9 Å². The summed E-state index contributed by atoms with van der Waals surface area (Å²) in [6, 6.07) is 4.43. The topological polar surface area (TPSA) is 60.2 Å². The molecular weight excluding hydrogens is 249 g/mol. The fourth-order valence-corrected chi connectivity index (χ4v) is 1.50. The van der Waals surface area contributed by atoms with Gasteiger partial charge in [-0.2, -0.15) is 4.98 Å². The monoisotopic (exact) mass is 265 g/mol. The van der Waals surface area contributed by atoms with E-state index in [1.54, 1.807) is 6.07 Å². The number of aromatic nitrogens is 2. The summed E-state index contributed by atoms with van der Waals surface area (Å²) in [7, 11) is 3.22. The van der Waals surface area contributed by atoms with Crippen LogP contribution in [0.1, 0.15) is 19.7 Å². The summed E-state index contributed by atoms with van der Waals surface area (Å²) >= 11 is 0. The smallest absolute Gasteiger partial charge is 0.246 e. The Morgan fingerprint density at radius 2 is 2.11 bits per heavy atom. The summed E-state index contributed by atoms with van der Waals surface area (Å²) in [4.78, 5) is 4.31. The standard InChI is InChI=1S/C13H16FN3O2/c1-13(2,15-3)12-16-11(17-19-12)8-5-6-9(14)10(7-8)18-4/h5-7,15H,1-4H3. The first-order valence-electron chi connectivity index (χ1n) is 5.85. The van der Waals surface area contributed by atoms with Gasteiger partial charge in [0.2, 0.25) is 11.7 Å². The zero-order chi connectivity index (χ0) is 14.0. The fraction of sp³-hybridized carbons (Fsp3) is 0.385. The molecule has 1 heterocycles. The molecule has 2 rings (SSSR count). The maximum Gasteiger partial charge on any atom is 0.246 e. The van der Waals surface area contributed by atoms with E-state index in [1.807, 2.05) is 20.9 Å². The predicted molar refractivity (Wildman–Crippen MR) is 68.3 cm³/mol. The number of nitrogens with one attached hydrogen (secondary N) is 1. The summed E-state index contributed by atoms with van der Waals surface area (Å²) in [6.07, 6.45) is 0. The summed E-state index contributed by atoms with van der Waals surface area (Å²) in [6.45, 7) is 3.85. The average Bonchev–Trinajstić information content (AvgIpc) is 2.89. The van der Waals surface area contributed by atoms with E-state index in [-0.39, 0.29) is 5.75 Å². The van der Waals surface area contributed by atoms with Crippen LogP contribution in [0.2, 0.25) is 0 Å². The Kier molecular flexibility index (Phi) is 3.53. The van der Waals surface area contributed by atoms with Gasteiger partial charge in [-0.3, -0.25) is 0 Å². The molecule has 1 aromatic heterocycles. The van der Waals surface area contributed by atoms with E-state index < -0.39 is 11.4 Å². The van der Waals surface area contributed by atoms with Crippen LogP contribution >= 0.6 is 0 Å². The van der Waals surface area contributed by atoms with Crippen LogP contribution in [0.25, 0.3) is 11.4 Å². The maximum absolute atomic E-state index is 13.3. The first-order valence-corrected chi connectivity index (χ1v) is 5.85. The number of halogens is 1. The van der Waals surface area contributed by atoms with Crippen molar-refractivity contribution in [3.63, 3.8) is 0 Å². The van der Waals surface area contributed by atoms with Crippen molar-refractivity contribution < 1.29 is 13.7 Å². The molecule has 0 fully saturated rings. The molecule has 0 bridgehead atoms. The van der Waals surface area contributed by atoms with Crippen molar-refractivity contribution in [1.82, 2.24) is 15.5 Å². The molecule has 0 aliphatic heterocycles. The van der Waals surface area contributed by atoms with Crippen molar-refractivity contribution in [2.75, 3.05) is 14.2 Å². The third-order valence-electron chi connectivity index (χ3n) is 3.00. The van der Waals surface area contributed by atoms with Crippen LogP contribution in [0.5, 0.6) is 5.75 Å². The van der Waals surface area contributed by atoms with Gasteiger partial charge >= 0.3 is 0 Å². The van der Waals surface area contributed by atoms with Crippen LogP contribution in [0.3, 0.4) is 0 Å². The Morgan fingerprint density at radius 1 is 1.37 bits per heavy atom. The van der Waals surface area contributed by atoms with Crippen molar-refractivity contribution >= 4 is 0 Å². The minimum Gasteiger partial charge on any atom is -0.494 e. The normalized spacial score (nSPS) is 11.6. The molecule has 2 aromatic rings. The van der Waals surface area contributed by atoms with E-state index in [2.05, 4.69) is 15.5 Å². The van der Waals surface area contributed by atoms with Gasteiger partial charge in [-0.1, -0.05) is 5.16 Å². The number of hydrogen-bond acceptors (Lipinski definition) is 5. The highest BCUT2D eigenvalue weighted by Crippen LogP contribution is 2.26. The van der Waals surface area contributed by atoms with Gasteiger partial charge in [-0.15, -0.1) is 0 Å². The highest BCUT2D eigenvalue weighted by Gasteiger charge is 2.25. The van der Waals surface area contributed by atoms with Gasteiger partial charge in [-0.25, -0.2) is 4.39 Å². The van der Waals surface area contributed by atoms with Crippen molar-refractivity contribution in [2.24, 2.45) is 0 Å². The first kappa shape index (κ1) is 13.5. The minimum absolute atomic E-state index is 0.150. The lowest BCUT2D eigenvalue weighted by Crippen LogP contribution is -2.33. The summed E-state index contributed by atoms with van der Waals surface area (Å²) in [5.41, 5.74) is 0.218. The zero-order valence-electron chi connectivity index (χ0n) is 11.3. The van der Waals surface area contributed by atoms with E-state index in [9.17, 15) is 4.39 Å². The molecule has 0 spiro atoms. The molecule has 1 N–H and O–H groups in total. The van der Waals surface area contributed by atoms with Gasteiger partial charge in [0.05, 0.1) is 12.6 Å². The van der Waals surface area contributed by atoms with Crippen LogP contribution in [-0.2, 0) is 5.54 Å². The maximum atomic E-state index is 13.3. The van der Waals surface area contributed by atoms with Crippen LogP contribution in [0, 0.1) is 5.82 Å². The van der Waals surface area contributed by atoms with E-state index in [4.69, 9.17) is 9.26 Å². The number of hydrogen-bond donors (Lipinski definition) is 1. The summed E-state index contributed by atoms with van der Waals surface area (Å²) in [5.74, 6) is 0.590. The van der Waals surface area contributed by atoms with E-state index in [0.717, 1.165) is 0 Å². The molecule has 0 aliphatic carbocycles. The quantitative estimate of drug-likeness (QED) is 0.919. The number of benzene rings is 1. The largest absolute Gasteiger partial charge is 0.494 e. The third-order valence-corrected chi connectivity index (χ3v) is 3.00. The molecule has 0 amide bonds. The molecule has 0 aliphatic rings. The summed E-state index contributed by atoms with van der Waals surface area (Å²) in [5, 5.41) is 6.97. The Labute approximate surface area is 110 Å². The molecule has 0 atom stereocenters. The molecule has 19 heavy (non-hydrogen) atoms. The van der Waals surface area contributed by atoms with Gasteiger partial charge in [0.1, 0.15) is 0 Å². The predicted octanol–water partition coefficient (Wildman–Crippen LogP) is 2.34. The second-order valence-electron chi connectivity index (χ2n) is 4.65. The second kappa shape index (κ2) is 4.97. The van der Waals surface area contributed by atoms with Gasteiger partial charge in [-0.05, 0) is 39.1 Å². The molecule has 0 radical (unpaired) electrons. The molecule has 5 nitrogen and oxygen atoms in total. The highest BCUT2D eigenvalue weighted by atomic mass is 19.1. The third kappa shape index (κ3) is 2.58. The van der Waals surface area contributed by atoms with E-state index in [0.29, 0.717) is 17.3 Å². The molecule has 0 saturated carbocycles. The van der Waals surface area contributed by atoms with Crippen molar-refractivity contribution in [2.45, 2.75) is 19.4 Å². The fourth-order valence-electron chi connectivity index (χ4n) is 1.50. The lowest BCUT2D eigenvalue weighted by atomic mass is 10.1. The second-order valence-corrected chi connectivity index (χ2v) is 4.65. The van der Waals surface area contributed by atoms with Crippen LogP contribution in [0.15, 0.2) is 22.7 Å².